The van der Waals surface area contributed by atoms with Gasteiger partial charge < -0.3 is 75.8 Å². The van der Waals surface area contributed by atoms with Crippen LogP contribution in [0.5, 0.6) is 46.0 Å². The molecule has 0 fully saturated rings. The van der Waals surface area contributed by atoms with Gasteiger partial charge >= 0.3 is 23.9 Å². The first-order valence-electron chi connectivity index (χ1n) is 31.6. The van der Waals surface area contributed by atoms with Gasteiger partial charge in [-0.25, -0.2) is 19.2 Å². The topological polar surface area (TPSA) is 284 Å². The van der Waals surface area contributed by atoms with Gasteiger partial charge in [0.25, 0.3) is 0 Å². The Bertz CT molecular complexity index is 3660. The van der Waals surface area contributed by atoms with Crippen LogP contribution in [0.2, 0.25) is 0 Å². The molecule has 522 valence electrons. The fraction of sp³-hybridized carbons (Fsp3) is 0.263. The fourth-order valence-corrected chi connectivity index (χ4v) is 8.99. The van der Waals surface area contributed by atoms with Crippen LogP contribution >= 0.6 is 0 Å². The number of esters is 4. The van der Waals surface area contributed by atoms with E-state index in [9.17, 15) is 38.4 Å². The van der Waals surface area contributed by atoms with Crippen molar-refractivity contribution in [1.82, 2.24) is 0 Å². The average Bonchev–Trinajstić information content (AvgIpc) is 0.902. The zero-order valence-corrected chi connectivity index (χ0v) is 55.0. The van der Waals surface area contributed by atoms with Crippen molar-refractivity contribution < 1.29 is 114 Å². The Kier molecular flexibility index (Phi) is 30.5. The largest absolute Gasteiger partial charge is 0.491 e. The Morgan fingerprint density at radius 1 is 0.240 bits per heavy atom. The van der Waals surface area contributed by atoms with Crippen LogP contribution in [0.3, 0.4) is 0 Å². The number of ketones is 4. The second kappa shape index (κ2) is 41.0. The van der Waals surface area contributed by atoms with Crippen molar-refractivity contribution >= 4 is 47.0 Å². The predicted octanol–water partition coefficient (Wildman–Crippen LogP) is 10.1. The summed E-state index contributed by atoms with van der Waals surface area (Å²) in [6.07, 6.45) is 0. The Morgan fingerprint density at radius 3 is 0.740 bits per heavy atom. The van der Waals surface area contributed by atoms with Gasteiger partial charge in [-0.05, 0) is 132 Å². The standard InChI is InChI=1S/C76H74O24/c1-85-73(81)59-45-65(93-39-31-87-29-37-91-61-21-13-55(14-22-61)69(77)71(79)57-17-25-63(26-18-57)99-51-53-9-5-3-6-10-53)49-67(47-59)95-41-33-89-35-43-97-75(83)76(84)98-44-36-90-34-42-96-68-48-60(74(82)86-2)46-66(50-68)94-40-32-88-30-38-92-62-23-15-56(16-24-62)70(78)72(80)58-19-27-64(28-20-58)100-52-54-11-7-4-8-12-54/h3-28,45-50H,29-44,51-52H2,1-2H3. The molecule has 0 radical (unpaired) electrons. The third-order valence-corrected chi connectivity index (χ3v) is 14.0. The maximum atomic E-state index is 13.0. The summed E-state index contributed by atoms with van der Waals surface area (Å²) in [6.45, 7) is 1.58. The van der Waals surface area contributed by atoms with E-state index in [2.05, 4.69) is 0 Å². The first-order valence-corrected chi connectivity index (χ1v) is 31.6. The molecule has 24 heteroatoms. The van der Waals surface area contributed by atoms with Gasteiger partial charge in [-0.15, -0.1) is 0 Å². The molecule has 100 heavy (non-hydrogen) atoms. The maximum Gasteiger partial charge on any atom is 0.417 e. The summed E-state index contributed by atoms with van der Waals surface area (Å²) >= 11 is 0. The van der Waals surface area contributed by atoms with Gasteiger partial charge in [0.1, 0.15) is 112 Å². The quantitative estimate of drug-likeness (QED) is 0.0113. The molecule has 24 nitrogen and oxygen atoms in total. The summed E-state index contributed by atoms with van der Waals surface area (Å²) < 4.78 is 88.0. The molecule has 8 aromatic rings. The van der Waals surface area contributed by atoms with E-state index in [0.717, 1.165) is 11.1 Å². The van der Waals surface area contributed by atoms with Crippen LogP contribution in [0.4, 0.5) is 0 Å². The van der Waals surface area contributed by atoms with Crippen LogP contribution in [0.25, 0.3) is 0 Å². The summed E-state index contributed by atoms with van der Waals surface area (Å²) in [7, 11) is 2.48. The summed E-state index contributed by atoms with van der Waals surface area (Å²) in [5, 5.41) is 0. The van der Waals surface area contributed by atoms with Gasteiger partial charge in [0.15, 0.2) is 0 Å². The molecule has 0 atom stereocenters. The van der Waals surface area contributed by atoms with Gasteiger partial charge in [-0.1, -0.05) is 60.7 Å². The number of methoxy groups -OCH3 is 2. The van der Waals surface area contributed by atoms with Crippen LogP contribution in [-0.4, -0.2) is 167 Å². The highest BCUT2D eigenvalue weighted by Crippen LogP contribution is 2.27. The third-order valence-electron chi connectivity index (χ3n) is 14.0. The molecule has 0 aromatic heterocycles. The monoisotopic (exact) mass is 1370 g/mol. The average molecular weight is 1370 g/mol. The Morgan fingerprint density at radius 2 is 0.480 bits per heavy atom. The molecule has 0 aliphatic rings. The number of carbonyl (C=O) groups is 8. The highest BCUT2D eigenvalue weighted by Gasteiger charge is 2.22. The second-order valence-electron chi connectivity index (χ2n) is 21.1. The van der Waals surface area contributed by atoms with Crippen molar-refractivity contribution in [2.75, 3.05) is 120 Å². The smallest absolute Gasteiger partial charge is 0.417 e. The first kappa shape index (κ1) is 74.4. The lowest BCUT2D eigenvalue weighted by molar-refractivity contribution is -0.169. The van der Waals surface area contributed by atoms with E-state index >= 15 is 0 Å². The lowest BCUT2D eigenvalue weighted by Crippen LogP contribution is -2.24. The van der Waals surface area contributed by atoms with Crippen LogP contribution in [0.15, 0.2) is 194 Å². The fourth-order valence-electron chi connectivity index (χ4n) is 8.99. The van der Waals surface area contributed by atoms with Crippen molar-refractivity contribution in [1.29, 1.82) is 0 Å². The molecule has 0 heterocycles. The van der Waals surface area contributed by atoms with E-state index in [1.807, 2.05) is 60.7 Å². The number of ether oxygens (including phenoxy) is 16. The normalized spacial score (nSPS) is 10.7. The number of hydrogen-bond acceptors (Lipinski definition) is 24. The molecule has 0 bridgehead atoms. The maximum absolute atomic E-state index is 13.0. The minimum atomic E-state index is -1.23. The highest BCUT2D eigenvalue weighted by molar-refractivity contribution is 6.49. The molecular weight excluding hydrogens is 1300 g/mol. The van der Waals surface area contributed by atoms with Crippen molar-refractivity contribution in [3.63, 3.8) is 0 Å². The number of Topliss-reactive ketones (excluding diaryl/α,β-unsaturated/α-hetero) is 4. The second-order valence-corrected chi connectivity index (χ2v) is 21.1. The van der Waals surface area contributed by atoms with Crippen LogP contribution in [0, 0.1) is 0 Å². The zero-order chi connectivity index (χ0) is 70.5. The van der Waals surface area contributed by atoms with E-state index in [4.69, 9.17) is 75.8 Å². The van der Waals surface area contributed by atoms with Gasteiger partial charge in [-0.3, -0.25) is 19.2 Å². The lowest BCUT2D eigenvalue weighted by Gasteiger charge is -2.13. The van der Waals surface area contributed by atoms with E-state index in [-0.39, 0.29) is 151 Å². The van der Waals surface area contributed by atoms with Gasteiger partial charge in [0.2, 0.25) is 23.1 Å². The Balaban J connectivity index is 0.622. The van der Waals surface area contributed by atoms with Crippen molar-refractivity contribution in [3.8, 4) is 46.0 Å². The molecular formula is C76H74O24. The van der Waals surface area contributed by atoms with Crippen LogP contribution in [-0.2, 0) is 60.7 Å². The molecule has 0 unspecified atom stereocenters. The van der Waals surface area contributed by atoms with Gasteiger partial charge in [0, 0.05) is 34.4 Å². The number of benzene rings is 8. The summed E-state index contributed by atoms with van der Waals surface area (Å²) in [5.74, 6) is -3.04. The van der Waals surface area contributed by atoms with E-state index < -0.39 is 47.0 Å². The third kappa shape index (κ3) is 25.2. The van der Waals surface area contributed by atoms with Crippen molar-refractivity contribution in [3.05, 3.63) is 239 Å². The zero-order valence-electron chi connectivity index (χ0n) is 55.0. The molecule has 0 saturated heterocycles. The molecule has 0 aliphatic carbocycles. The molecule has 0 spiro atoms. The van der Waals surface area contributed by atoms with E-state index in [0.29, 0.717) is 47.7 Å². The Labute approximate surface area is 576 Å². The van der Waals surface area contributed by atoms with E-state index in [1.54, 1.807) is 84.9 Å². The van der Waals surface area contributed by atoms with E-state index in [1.165, 1.54) is 62.8 Å². The molecule has 0 N–H and O–H groups in total. The molecule has 0 amide bonds. The molecule has 8 aromatic carbocycles. The van der Waals surface area contributed by atoms with Gasteiger partial charge in [0.05, 0.1) is 78.2 Å². The highest BCUT2D eigenvalue weighted by atomic mass is 16.6. The first-order chi connectivity index (χ1) is 48.8. The Hall–Kier alpha value is -11.4. The minimum Gasteiger partial charge on any atom is -0.491 e. The predicted molar refractivity (Wildman–Crippen MR) is 358 cm³/mol. The summed E-state index contributed by atoms with van der Waals surface area (Å²) in [4.78, 5) is 101. The number of carbonyl (C=O) groups excluding carboxylic acids is 8. The summed E-state index contributed by atoms with van der Waals surface area (Å²) in [6, 6.07) is 53.7. The molecule has 0 saturated carbocycles. The van der Waals surface area contributed by atoms with Crippen LogP contribution in [0.1, 0.15) is 73.3 Å². The minimum absolute atomic E-state index is 0.0298. The molecule has 8 rings (SSSR count). The number of rotatable bonds is 44. The molecule has 0 aliphatic heterocycles. The van der Waals surface area contributed by atoms with Gasteiger partial charge in [-0.2, -0.15) is 0 Å². The SMILES string of the molecule is COC(=O)c1cc(OCCOCCOC(=O)C(=O)OCCOCCOc2cc(OCCOCCOc3ccc(C(=O)C(=O)c4ccc(OCc5ccccc5)cc4)cc3)cc(C(=O)OC)c2)cc(OCCOCCOc2ccc(C(=O)C(=O)c3ccc(OCc4ccccc4)cc3)cc2)c1. The number of hydrogen-bond donors (Lipinski definition) is 0. The van der Waals surface area contributed by atoms with Crippen LogP contribution < -0.4 is 37.9 Å². The van der Waals surface area contributed by atoms with Crippen molar-refractivity contribution in [2.45, 2.75) is 13.2 Å². The summed E-state index contributed by atoms with van der Waals surface area (Å²) in [5.41, 5.74) is 3.27. The lowest BCUT2D eigenvalue weighted by atomic mass is 10.0. The van der Waals surface area contributed by atoms with Crippen molar-refractivity contribution in [2.24, 2.45) is 0 Å².